The molecule has 154 valence electrons. The molecule has 0 saturated heterocycles. The van der Waals surface area contributed by atoms with E-state index in [1.54, 1.807) is 30.3 Å². The van der Waals surface area contributed by atoms with Crippen LogP contribution in [0.25, 0.3) is 5.52 Å². The highest BCUT2D eigenvalue weighted by Crippen LogP contribution is 2.22. The summed E-state index contributed by atoms with van der Waals surface area (Å²) in [6.45, 7) is 5.82. The number of carbonyl (C=O) groups excluding carboxylic acids is 2. The van der Waals surface area contributed by atoms with Gasteiger partial charge in [-0.05, 0) is 60.4 Å². The zero-order chi connectivity index (χ0) is 21.7. The molecule has 1 amide bonds. The molecule has 0 spiro atoms. The second-order valence-corrected chi connectivity index (χ2v) is 7.23. The molecule has 3 heterocycles. The van der Waals surface area contributed by atoms with E-state index < -0.39 is 11.7 Å². The molecular weight excluding hydrogens is 401 g/mol. The topological polar surface area (TPSA) is 63.5 Å². The second-order valence-electron chi connectivity index (χ2n) is 6.42. The Balaban J connectivity index is 0.00000124. The minimum Gasteiger partial charge on any atom is -0.320 e. The van der Waals surface area contributed by atoms with E-state index in [0.717, 1.165) is 28.5 Å². The molecule has 0 aliphatic rings. The van der Waals surface area contributed by atoms with Crippen LogP contribution in [0.1, 0.15) is 41.2 Å². The molecule has 3 aromatic heterocycles. The predicted octanol–water partition coefficient (Wildman–Crippen LogP) is 5.28. The van der Waals surface area contributed by atoms with E-state index in [1.807, 2.05) is 43.5 Å². The molecule has 1 aromatic carbocycles. The number of pyridine rings is 1. The van der Waals surface area contributed by atoms with Gasteiger partial charge in [-0.15, -0.1) is 0 Å². The fourth-order valence-electron chi connectivity index (χ4n) is 3.07. The van der Waals surface area contributed by atoms with Crippen molar-refractivity contribution < 1.29 is 14.0 Å². The molecule has 0 aliphatic heterocycles. The lowest BCUT2D eigenvalue weighted by atomic mass is 10.1. The standard InChI is InChI=1S/C21H16FN3O2S.C2H6/c1-13-10-19(28-24-13)23-21(27)20(26)17-12-16(25-9-3-2-4-18(17)25)11-14-5-7-15(22)8-6-14;1-2/h2-10,12H,11H2,1H3,(H,23,27);1-2H3. The Morgan fingerprint density at radius 3 is 2.50 bits per heavy atom. The second kappa shape index (κ2) is 9.45. The van der Waals surface area contributed by atoms with Crippen molar-refractivity contribution in [2.75, 3.05) is 5.32 Å². The molecule has 0 saturated carbocycles. The number of nitrogens with zero attached hydrogens (tertiary/aromatic N) is 2. The molecule has 0 fully saturated rings. The smallest absolute Gasteiger partial charge is 0.297 e. The number of nitrogens with one attached hydrogen (secondary N) is 1. The molecule has 0 unspecified atom stereocenters. The third kappa shape index (κ3) is 4.63. The molecule has 30 heavy (non-hydrogen) atoms. The van der Waals surface area contributed by atoms with Crippen LogP contribution >= 0.6 is 11.5 Å². The Kier molecular flexibility index (Phi) is 6.74. The number of aryl methyl sites for hydroxylation is 1. The third-order valence-corrected chi connectivity index (χ3v) is 5.17. The maximum atomic E-state index is 13.2. The number of hydrogen-bond donors (Lipinski definition) is 1. The number of rotatable bonds is 5. The lowest BCUT2D eigenvalue weighted by molar-refractivity contribution is -0.112. The highest BCUT2D eigenvalue weighted by Gasteiger charge is 2.22. The maximum absolute atomic E-state index is 13.2. The molecule has 0 bridgehead atoms. The molecule has 5 nitrogen and oxygen atoms in total. The summed E-state index contributed by atoms with van der Waals surface area (Å²) in [6, 6.07) is 15.1. The number of aromatic nitrogens is 2. The van der Waals surface area contributed by atoms with Crippen molar-refractivity contribution in [1.82, 2.24) is 8.77 Å². The van der Waals surface area contributed by atoms with E-state index in [2.05, 4.69) is 9.69 Å². The zero-order valence-electron chi connectivity index (χ0n) is 17.0. The first-order valence-electron chi connectivity index (χ1n) is 9.63. The lowest BCUT2D eigenvalue weighted by Crippen LogP contribution is -2.22. The van der Waals surface area contributed by atoms with Gasteiger partial charge in [-0.3, -0.25) is 9.59 Å². The van der Waals surface area contributed by atoms with Crippen LogP contribution in [-0.2, 0) is 11.2 Å². The van der Waals surface area contributed by atoms with Crippen LogP contribution < -0.4 is 5.32 Å². The zero-order valence-corrected chi connectivity index (χ0v) is 17.8. The van der Waals surface area contributed by atoms with Crippen LogP contribution in [0.15, 0.2) is 60.8 Å². The van der Waals surface area contributed by atoms with E-state index in [1.165, 1.54) is 12.1 Å². The normalized spacial score (nSPS) is 10.4. The van der Waals surface area contributed by atoms with Crippen molar-refractivity contribution in [1.29, 1.82) is 0 Å². The molecule has 7 heteroatoms. The van der Waals surface area contributed by atoms with Gasteiger partial charge in [0, 0.05) is 18.3 Å². The number of fused-ring (bicyclic) bond motifs is 1. The molecule has 4 aromatic rings. The fraction of sp³-hybridized carbons (Fsp3) is 0.174. The monoisotopic (exact) mass is 423 g/mol. The fourth-order valence-corrected chi connectivity index (χ4v) is 3.72. The van der Waals surface area contributed by atoms with Crippen molar-refractivity contribution in [2.24, 2.45) is 0 Å². The number of halogens is 1. The minimum absolute atomic E-state index is 0.297. The summed E-state index contributed by atoms with van der Waals surface area (Å²) in [5, 5.41) is 3.14. The summed E-state index contributed by atoms with van der Waals surface area (Å²) < 4.78 is 19.1. The van der Waals surface area contributed by atoms with Crippen LogP contribution in [0.4, 0.5) is 9.39 Å². The van der Waals surface area contributed by atoms with Gasteiger partial charge in [0.1, 0.15) is 10.8 Å². The average molecular weight is 424 g/mol. The van der Waals surface area contributed by atoms with Crippen molar-refractivity contribution >= 4 is 33.7 Å². The van der Waals surface area contributed by atoms with E-state index in [9.17, 15) is 14.0 Å². The van der Waals surface area contributed by atoms with Crippen molar-refractivity contribution in [2.45, 2.75) is 27.2 Å². The summed E-state index contributed by atoms with van der Waals surface area (Å²) in [5.74, 6) is -1.61. The van der Waals surface area contributed by atoms with Crippen LogP contribution in [0.3, 0.4) is 0 Å². The first-order valence-corrected chi connectivity index (χ1v) is 10.4. The minimum atomic E-state index is -0.701. The third-order valence-electron chi connectivity index (χ3n) is 4.37. The van der Waals surface area contributed by atoms with Gasteiger partial charge in [0.15, 0.2) is 0 Å². The van der Waals surface area contributed by atoms with Gasteiger partial charge in [-0.2, -0.15) is 4.37 Å². The number of carbonyl (C=O) groups is 2. The van der Waals surface area contributed by atoms with Gasteiger partial charge in [-0.25, -0.2) is 4.39 Å². The molecule has 4 rings (SSSR count). The first kappa shape index (κ1) is 21.4. The Bertz CT molecular complexity index is 1180. The molecule has 0 atom stereocenters. The molecule has 0 aliphatic carbocycles. The van der Waals surface area contributed by atoms with Crippen LogP contribution in [0.5, 0.6) is 0 Å². The van der Waals surface area contributed by atoms with Crippen LogP contribution in [0, 0.1) is 12.7 Å². The number of ketones is 1. The number of benzene rings is 1. The molecular formula is C23H22FN3O2S. The highest BCUT2D eigenvalue weighted by atomic mass is 32.1. The Morgan fingerprint density at radius 2 is 1.83 bits per heavy atom. The number of hydrogen-bond acceptors (Lipinski definition) is 4. The van der Waals surface area contributed by atoms with Crippen LogP contribution in [0.2, 0.25) is 0 Å². The quantitative estimate of drug-likeness (QED) is 0.351. The number of anilines is 1. The Hall–Kier alpha value is -3.32. The number of Topliss-reactive ketones (excluding diaryl/α,β-unsaturated/α-hetero) is 1. The molecule has 1 N–H and O–H groups in total. The van der Waals surface area contributed by atoms with Gasteiger partial charge in [0.2, 0.25) is 0 Å². The van der Waals surface area contributed by atoms with Gasteiger partial charge in [0.25, 0.3) is 11.7 Å². The van der Waals surface area contributed by atoms with E-state index in [4.69, 9.17) is 0 Å². The van der Waals surface area contributed by atoms with Crippen molar-refractivity contribution in [3.8, 4) is 0 Å². The van der Waals surface area contributed by atoms with Gasteiger partial charge in [0.05, 0.1) is 16.8 Å². The SMILES string of the molecule is CC.Cc1cc(NC(=O)C(=O)c2cc(Cc3ccc(F)cc3)n3ccccc23)sn1. The van der Waals surface area contributed by atoms with Gasteiger partial charge >= 0.3 is 0 Å². The van der Waals surface area contributed by atoms with Gasteiger partial charge in [-0.1, -0.05) is 32.0 Å². The van der Waals surface area contributed by atoms with Crippen molar-refractivity contribution in [3.63, 3.8) is 0 Å². The Morgan fingerprint density at radius 1 is 1.10 bits per heavy atom. The van der Waals surface area contributed by atoms with Crippen molar-refractivity contribution in [3.05, 3.63) is 89.1 Å². The van der Waals surface area contributed by atoms with E-state index in [-0.39, 0.29) is 5.82 Å². The number of amides is 1. The summed E-state index contributed by atoms with van der Waals surface area (Å²) in [4.78, 5) is 25.2. The van der Waals surface area contributed by atoms with E-state index >= 15 is 0 Å². The highest BCUT2D eigenvalue weighted by molar-refractivity contribution is 7.10. The summed E-state index contributed by atoms with van der Waals surface area (Å²) in [6.07, 6.45) is 2.35. The summed E-state index contributed by atoms with van der Waals surface area (Å²) >= 11 is 1.13. The summed E-state index contributed by atoms with van der Waals surface area (Å²) in [7, 11) is 0. The van der Waals surface area contributed by atoms with Crippen LogP contribution in [-0.4, -0.2) is 20.5 Å². The molecule has 0 radical (unpaired) electrons. The lowest BCUT2D eigenvalue weighted by Gasteiger charge is -2.03. The van der Waals surface area contributed by atoms with Gasteiger partial charge < -0.3 is 9.72 Å². The Labute approximate surface area is 178 Å². The summed E-state index contributed by atoms with van der Waals surface area (Å²) in [5.41, 5.74) is 3.51. The largest absolute Gasteiger partial charge is 0.320 e. The maximum Gasteiger partial charge on any atom is 0.297 e. The van der Waals surface area contributed by atoms with E-state index in [0.29, 0.717) is 22.5 Å². The average Bonchev–Trinajstić information content (AvgIpc) is 3.34. The predicted molar refractivity (Wildman–Crippen MR) is 118 cm³/mol. The first-order chi connectivity index (χ1) is 14.5.